The van der Waals surface area contributed by atoms with E-state index in [2.05, 4.69) is 20.7 Å². The number of hydrogen-bond donors (Lipinski definition) is 2. The first-order valence-electron chi connectivity index (χ1n) is 8.32. The number of ether oxygens (including phenoxy) is 1. The number of hydrogen-bond acceptors (Lipinski definition) is 3. The molecule has 0 radical (unpaired) electrons. The summed E-state index contributed by atoms with van der Waals surface area (Å²) in [6.07, 6.45) is 10.0. The van der Waals surface area contributed by atoms with Crippen molar-refractivity contribution in [2.45, 2.75) is 51.2 Å². The maximum atomic E-state index is 5.97. The molecular weight excluding hydrogens is 278 g/mol. The molecule has 1 fully saturated rings. The summed E-state index contributed by atoms with van der Waals surface area (Å²) in [5.41, 5.74) is 1.12. The molecule has 22 heavy (non-hydrogen) atoms. The minimum absolute atomic E-state index is 0.453. The molecule has 1 aromatic rings. The molecule has 6 heteroatoms. The van der Waals surface area contributed by atoms with E-state index in [0.29, 0.717) is 12.6 Å². The molecule has 2 N–H and O–H groups in total. The lowest BCUT2D eigenvalue weighted by atomic mass is 10.1. The average Bonchev–Trinajstić information content (AvgIpc) is 2.77. The second kappa shape index (κ2) is 9.46. The zero-order valence-electron chi connectivity index (χ0n) is 13.8. The van der Waals surface area contributed by atoms with Crippen LogP contribution in [0.1, 0.15) is 44.2 Å². The monoisotopic (exact) mass is 307 g/mol. The Hall–Kier alpha value is -1.56. The molecule has 1 heterocycles. The molecule has 1 aromatic heterocycles. The predicted molar refractivity (Wildman–Crippen MR) is 88.9 cm³/mol. The molecular formula is C16H29N5O. The molecule has 1 saturated carbocycles. The summed E-state index contributed by atoms with van der Waals surface area (Å²) >= 11 is 0. The van der Waals surface area contributed by atoms with Crippen LogP contribution in [-0.2, 0) is 18.3 Å². The number of nitrogens with zero attached hydrogens (tertiary/aromatic N) is 3. The maximum Gasteiger partial charge on any atom is 0.191 e. The van der Waals surface area contributed by atoms with Crippen molar-refractivity contribution in [3.8, 4) is 0 Å². The van der Waals surface area contributed by atoms with Gasteiger partial charge in [0.2, 0.25) is 0 Å². The molecule has 0 aromatic carbocycles. The van der Waals surface area contributed by atoms with Crippen LogP contribution in [0.5, 0.6) is 0 Å². The summed E-state index contributed by atoms with van der Waals surface area (Å²) < 4.78 is 7.82. The Kier molecular flexibility index (Phi) is 7.22. The smallest absolute Gasteiger partial charge is 0.191 e. The fourth-order valence-corrected chi connectivity index (χ4v) is 2.77. The Morgan fingerprint density at radius 1 is 1.32 bits per heavy atom. The van der Waals surface area contributed by atoms with Gasteiger partial charge in [0.25, 0.3) is 0 Å². The average molecular weight is 307 g/mol. The van der Waals surface area contributed by atoms with Crippen LogP contribution in [0.25, 0.3) is 0 Å². The van der Waals surface area contributed by atoms with Crippen molar-refractivity contribution in [3.63, 3.8) is 0 Å². The van der Waals surface area contributed by atoms with Crippen molar-refractivity contribution >= 4 is 5.96 Å². The van der Waals surface area contributed by atoms with E-state index in [1.807, 2.05) is 17.8 Å². The lowest BCUT2D eigenvalue weighted by Gasteiger charge is -2.16. The van der Waals surface area contributed by atoms with Gasteiger partial charge in [-0.15, -0.1) is 0 Å². The lowest BCUT2D eigenvalue weighted by molar-refractivity contribution is 0.0468. The van der Waals surface area contributed by atoms with Gasteiger partial charge in [-0.25, -0.2) is 0 Å². The summed E-state index contributed by atoms with van der Waals surface area (Å²) in [5, 5.41) is 10.7. The van der Waals surface area contributed by atoms with Crippen molar-refractivity contribution in [2.75, 3.05) is 20.2 Å². The number of rotatable bonds is 6. The van der Waals surface area contributed by atoms with E-state index in [-0.39, 0.29) is 0 Å². The van der Waals surface area contributed by atoms with Gasteiger partial charge in [0.05, 0.1) is 24.9 Å². The molecule has 124 valence electrons. The first kappa shape index (κ1) is 16.8. The third-order valence-electron chi connectivity index (χ3n) is 4.13. The fourth-order valence-electron chi connectivity index (χ4n) is 2.77. The van der Waals surface area contributed by atoms with Crippen LogP contribution in [0.3, 0.4) is 0 Å². The van der Waals surface area contributed by atoms with Gasteiger partial charge in [-0.1, -0.05) is 25.7 Å². The minimum atomic E-state index is 0.453. The summed E-state index contributed by atoms with van der Waals surface area (Å²) in [6.45, 7) is 2.22. The standard InChI is InChI=1S/C16H29N5O/c1-17-16(19-13-14-9-10-20-21(14)2)18-11-12-22-15-7-5-3-4-6-8-15/h9-10,15H,3-8,11-13H2,1-2H3,(H2,17,18,19). The molecule has 0 saturated heterocycles. The zero-order chi connectivity index (χ0) is 15.6. The van der Waals surface area contributed by atoms with Crippen LogP contribution in [0.15, 0.2) is 17.3 Å². The van der Waals surface area contributed by atoms with Gasteiger partial charge in [-0.05, 0) is 18.9 Å². The maximum absolute atomic E-state index is 5.97. The number of aliphatic imine (C=N–C) groups is 1. The van der Waals surface area contributed by atoms with E-state index in [4.69, 9.17) is 4.74 Å². The molecule has 0 spiro atoms. The molecule has 6 nitrogen and oxygen atoms in total. The predicted octanol–water partition coefficient (Wildman–Crippen LogP) is 1.82. The van der Waals surface area contributed by atoms with Crippen molar-refractivity contribution < 1.29 is 4.74 Å². The van der Waals surface area contributed by atoms with Gasteiger partial charge in [0.1, 0.15) is 0 Å². The Labute approximate surface area is 133 Å². The van der Waals surface area contributed by atoms with Gasteiger partial charge >= 0.3 is 0 Å². The third-order valence-corrected chi connectivity index (χ3v) is 4.13. The Bertz CT molecular complexity index is 449. The highest BCUT2D eigenvalue weighted by Gasteiger charge is 2.12. The fraction of sp³-hybridized carbons (Fsp3) is 0.750. The SMILES string of the molecule is CN=C(NCCOC1CCCCCC1)NCc1ccnn1C. The van der Waals surface area contributed by atoms with E-state index in [9.17, 15) is 0 Å². The second-order valence-electron chi connectivity index (χ2n) is 5.78. The number of guanidine groups is 1. The summed E-state index contributed by atoms with van der Waals surface area (Å²) in [5.74, 6) is 0.797. The van der Waals surface area contributed by atoms with Crippen LogP contribution < -0.4 is 10.6 Å². The first-order chi connectivity index (χ1) is 10.8. The number of aromatic nitrogens is 2. The second-order valence-corrected chi connectivity index (χ2v) is 5.78. The summed E-state index contributed by atoms with van der Waals surface area (Å²) in [7, 11) is 3.72. The molecule has 0 atom stereocenters. The van der Waals surface area contributed by atoms with Crippen molar-refractivity contribution in [3.05, 3.63) is 18.0 Å². The van der Waals surface area contributed by atoms with E-state index >= 15 is 0 Å². The first-order valence-corrected chi connectivity index (χ1v) is 8.32. The molecule has 0 aliphatic heterocycles. The number of nitrogens with one attached hydrogen (secondary N) is 2. The van der Waals surface area contributed by atoms with E-state index in [1.165, 1.54) is 38.5 Å². The quantitative estimate of drug-likeness (QED) is 0.364. The van der Waals surface area contributed by atoms with Crippen LogP contribution in [0.4, 0.5) is 0 Å². The van der Waals surface area contributed by atoms with E-state index in [0.717, 1.165) is 24.8 Å². The van der Waals surface area contributed by atoms with Crippen LogP contribution >= 0.6 is 0 Å². The highest BCUT2D eigenvalue weighted by molar-refractivity contribution is 5.79. The highest BCUT2D eigenvalue weighted by Crippen LogP contribution is 2.19. The van der Waals surface area contributed by atoms with E-state index < -0.39 is 0 Å². The zero-order valence-corrected chi connectivity index (χ0v) is 13.8. The van der Waals surface area contributed by atoms with Crippen molar-refractivity contribution in [2.24, 2.45) is 12.0 Å². The topological polar surface area (TPSA) is 63.5 Å². The highest BCUT2D eigenvalue weighted by atomic mass is 16.5. The minimum Gasteiger partial charge on any atom is -0.376 e. The van der Waals surface area contributed by atoms with Gasteiger partial charge in [-0.2, -0.15) is 5.10 Å². The van der Waals surface area contributed by atoms with Crippen LogP contribution in [-0.4, -0.2) is 42.0 Å². The van der Waals surface area contributed by atoms with Gasteiger partial charge in [-0.3, -0.25) is 9.67 Å². The number of aryl methyl sites for hydroxylation is 1. The third kappa shape index (κ3) is 5.67. The van der Waals surface area contributed by atoms with E-state index in [1.54, 1.807) is 13.2 Å². The van der Waals surface area contributed by atoms with Gasteiger partial charge < -0.3 is 15.4 Å². The Morgan fingerprint density at radius 2 is 2.09 bits per heavy atom. The molecule has 1 aliphatic carbocycles. The Morgan fingerprint density at radius 3 is 2.73 bits per heavy atom. The molecule has 0 unspecified atom stereocenters. The lowest BCUT2D eigenvalue weighted by Crippen LogP contribution is -2.39. The normalized spacial score (nSPS) is 17.3. The van der Waals surface area contributed by atoms with Gasteiger partial charge in [0, 0.05) is 26.8 Å². The largest absolute Gasteiger partial charge is 0.376 e. The summed E-state index contributed by atoms with van der Waals surface area (Å²) in [4.78, 5) is 4.23. The van der Waals surface area contributed by atoms with Crippen molar-refractivity contribution in [1.29, 1.82) is 0 Å². The van der Waals surface area contributed by atoms with Crippen LogP contribution in [0.2, 0.25) is 0 Å². The van der Waals surface area contributed by atoms with Crippen molar-refractivity contribution in [1.82, 2.24) is 20.4 Å². The van der Waals surface area contributed by atoms with Gasteiger partial charge in [0.15, 0.2) is 5.96 Å². The molecule has 2 rings (SSSR count). The molecule has 0 amide bonds. The Balaban J connectivity index is 1.61. The molecule has 1 aliphatic rings. The molecule has 0 bridgehead atoms. The summed E-state index contributed by atoms with van der Waals surface area (Å²) in [6, 6.07) is 2.00. The van der Waals surface area contributed by atoms with Crippen LogP contribution in [0, 0.1) is 0 Å².